The van der Waals surface area contributed by atoms with Gasteiger partial charge in [0, 0.05) is 30.8 Å². The Morgan fingerprint density at radius 1 is 1.00 bits per heavy atom. The van der Waals surface area contributed by atoms with Gasteiger partial charge in [0.15, 0.2) is 0 Å². The summed E-state index contributed by atoms with van der Waals surface area (Å²) in [6.45, 7) is 0.442. The van der Waals surface area contributed by atoms with Crippen molar-refractivity contribution < 1.29 is 9.47 Å². The summed E-state index contributed by atoms with van der Waals surface area (Å²) in [6.07, 6.45) is 1.62. The molecule has 0 fully saturated rings. The number of hydrogen-bond donors (Lipinski definition) is 1. The summed E-state index contributed by atoms with van der Waals surface area (Å²) >= 11 is 0. The summed E-state index contributed by atoms with van der Waals surface area (Å²) in [6, 6.07) is 19.3. The minimum atomic E-state index is 0.417. The van der Waals surface area contributed by atoms with Crippen LogP contribution in [0.5, 0.6) is 11.5 Å². The van der Waals surface area contributed by atoms with E-state index in [0.29, 0.717) is 23.9 Å². The van der Waals surface area contributed by atoms with Gasteiger partial charge in [-0.1, -0.05) is 18.2 Å². The van der Waals surface area contributed by atoms with E-state index in [9.17, 15) is 0 Å². The molecule has 0 saturated heterocycles. The van der Waals surface area contributed by atoms with Crippen molar-refractivity contribution >= 4 is 16.7 Å². The maximum absolute atomic E-state index is 5.94. The highest BCUT2D eigenvalue weighted by molar-refractivity contribution is 5.85. The first-order valence-electron chi connectivity index (χ1n) is 8.20. The van der Waals surface area contributed by atoms with Crippen LogP contribution in [0.3, 0.4) is 0 Å². The van der Waals surface area contributed by atoms with E-state index in [1.54, 1.807) is 25.4 Å². The molecule has 4 rings (SSSR count). The fourth-order valence-electron chi connectivity index (χ4n) is 2.86. The van der Waals surface area contributed by atoms with Gasteiger partial charge in [0.1, 0.15) is 17.3 Å². The Morgan fingerprint density at radius 3 is 2.58 bits per heavy atom. The predicted octanol–water partition coefficient (Wildman–Crippen LogP) is 3.94. The van der Waals surface area contributed by atoms with Gasteiger partial charge in [0.25, 0.3) is 0 Å². The number of pyridine rings is 1. The number of ether oxygens (including phenoxy) is 2. The normalized spacial score (nSPS) is 11.0. The van der Waals surface area contributed by atoms with Gasteiger partial charge in [-0.15, -0.1) is 0 Å². The highest BCUT2D eigenvalue weighted by Crippen LogP contribution is 2.29. The van der Waals surface area contributed by atoms with E-state index in [4.69, 9.17) is 20.3 Å². The molecular formula is C20H18N4O2. The minimum absolute atomic E-state index is 0.417. The Balaban J connectivity index is 1.80. The van der Waals surface area contributed by atoms with Gasteiger partial charge in [-0.25, -0.2) is 9.67 Å². The van der Waals surface area contributed by atoms with Crippen LogP contribution in [-0.4, -0.2) is 21.9 Å². The zero-order valence-corrected chi connectivity index (χ0v) is 14.3. The summed E-state index contributed by atoms with van der Waals surface area (Å²) < 4.78 is 13.1. The fraction of sp³-hybridized carbons (Fsp3) is 0.100. The van der Waals surface area contributed by atoms with E-state index in [0.717, 1.165) is 22.3 Å². The molecule has 0 radical (unpaired) electrons. The number of fused-ring (bicyclic) bond motifs is 1. The molecule has 0 bridgehead atoms. The van der Waals surface area contributed by atoms with Crippen molar-refractivity contribution in [3.63, 3.8) is 0 Å². The molecule has 0 saturated carbocycles. The molecule has 2 N–H and O–H groups in total. The van der Waals surface area contributed by atoms with Crippen LogP contribution in [0.1, 0.15) is 5.69 Å². The molecule has 0 atom stereocenters. The number of methoxy groups -OCH3 is 1. The molecule has 0 unspecified atom stereocenters. The van der Waals surface area contributed by atoms with Crippen LogP contribution in [0.25, 0.3) is 16.6 Å². The summed E-state index contributed by atoms with van der Waals surface area (Å²) in [5, 5.41) is 5.74. The lowest BCUT2D eigenvalue weighted by Crippen LogP contribution is -1.97. The number of benzene rings is 2. The fourth-order valence-corrected chi connectivity index (χ4v) is 2.86. The van der Waals surface area contributed by atoms with Crippen LogP contribution in [0.4, 0.5) is 5.82 Å². The van der Waals surface area contributed by atoms with E-state index in [1.807, 2.05) is 53.2 Å². The summed E-state index contributed by atoms with van der Waals surface area (Å²) in [5.41, 5.74) is 8.53. The highest BCUT2D eigenvalue weighted by atomic mass is 16.5. The van der Waals surface area contributed by atoms with Crippen molar-refractivity contribution in [2.75, 3.05) is 12.8 Å². The lowest BCUT2D eigenvalue weighted by atomic mass is 10.2. The molecule has 2 heterocycles. The average molecular weight is 346 g/mol. The van der Waals surface area contributed by atoms with Crippen molar-refractivity contribution in [3.8, 4) is 17.2 Å². The third kappa shape index (κ3) is 3.10. The number of hydrogen-bond acceptors (Lipinski definition) is 5. The number of para-hydroxylation sites is 1. The minimum Gasteiger partial charge on any atom is -0.457 e. The van der Waals surface area contributed by atoms with Crippen molar-refractivity contribution in [1.82, 2.24) is 14.8 Å². The summed E-state index contributed by atoms with van der Waals surface area (Å²) in [4.78, 5) is 3.98. The first kappa shape index (κ1) is 16.1. The Hall–Kier alpha value is -3.38. The van der Waals surface area contributed by atoms with Crippen LogP contribution >= 0.6 is 0 Å². The number of aromatic nitrogens is 3. The topological polar surface area (TPSA) is 75.2 Å². The molecular weight excluding hydrogens is 328 g/mol. The maximum Gasteiger partial charge on any atom is 0.132 e. The second kappa shape index (κ2) is 6.85. The lowest BCUT2D eigenvalue weighted by Gasteiger charge is -2.07. The Labute approximate surface area is 150 Å². The third-order valence-corrected chi connectivity index (χ3v) is 4.00. The number of anilines is 1. The molecule has 0 spiro atoms. The number of nitrogens with two attached hydrogens (primary N) is 1. The van der Waals surface area contributed by atoms with Crippen molar-refractivity contribution in [3.05, 3.63) is 72.6 Å². The van der Waals surface area contributed by atoms with Crippen LogP contribution < -0.4 is 10.5 Å². The number of rotatable bonds is 5. The van der Waals surface area contributed by atoms with E-state index < -0.39 is 0 Å². The van der Waals surface area contributed by atoms with E-state index in [1.165, 1.54) is 0 Å². The molecule has 0 aliphatic carbocycles. The monoisotopic (exact) mass is 346 g/mol. The molecule has 2 aromatic heterocycles. The molecule has 130 valence electrons. The third-order valence-electron chi connectivity index (χ3n) is 4.00. The lowest BCUT2D eigenvalue weighted by molar-refractivity contribution is 0.182. The van der Waals surface area contributed by atoms with Gasteiger partial charge < -0.3 is 15.2 Å². The van der Waals surface area contributed by atoms with Crippen LogP contribution in [0.2, 0.25) is 0 Å². The summed E-state index contributed by atoms with van der Waals surface area (Å²) in [5.74, 6) is 1.75. The van der Waals surface area contributed by atoms with Crippen LogP contribution in [0, 0.1) is 0 Å². The molecule has 2 aromatic carbocycles. The van der Waals surface area contributed by atoms with E-state index in [-0.39, 0.29) is 0 Å². The van der Waals surface area contributed by atoms with Gasteiger partial charge in [-0.05, 0) is 30.3 Å². The first-order chi connectivity index (χ1) is 12.7. The Bertz CT molecular complexity index is 1040. The summed E-state index contributed by atoms with van der Waals surface area (Å²) in [7, 11) is 1.67. The Kier molecular flexibility index (Phi) is 4.25. The van der Waals surface area contributed by atoms with Gasteiger partial charge in [0.2, 0.25) is 0 Å². The second-order valence-electron chi connectivity index (χ2n) is 5.82. The first-order valence-corrected chi connectivity index (χ1v) is 8.20. The molecule has 6 nitrogen and oxygen atoms in total. The van der Waals surface area contributed by atoms with Crippen molar-refractivity contribution in [1.29, 1.82) is 0 Å². The zero-order valence-electron chi connectivity index (χ0n) is 14.3. The number of nitrogens with zero attached hydrogens (tertiary/aromatic N) is 3. The predicted molar refractivity (Wildman–Crippen MR) is 101 cm³/mol. The van der Waals surface area contributed by atoms with E-state index in [2.05, 4.69) is 4.98 Å². The molecule has 4 aromatic rings. The van der Waals surface area contributed by atoms with Gasteiger partial charge in [-0.2, -0.15) is 5.10 Å². The smallest absolute Gasteiger partial charge is 0.132 e. The molecule has 0 amide bonds. The molecule has 26 heavy (non-hydrogen) atoms. The molecule has 0 aliphatic rings. The zero-order chi connectivity index (χ0) is 17.9. The van der Waals surface area contributed by atoms with Crippen molar-refractivity contribution in [2.45, 2.75) is 6.61 Å². The SMILES string of the molecule is COCc1nn(-c2ccccc2)c2cc(Oc3ccnc(N)c3)ccc12. The Morgan fingerprint density at radius 2 is 1.81 bits per heavy atom. The highest BCUT2D eigenvalue weighted by Gasteiger charge is 2.13. The van der Waals surface area contributed by atoms with Crippen LogP contribution in [0.15, 0.2) is 66.9 Å². The van der Waals surface area contributed by atoms with E-state index >= 15 is 0 Å². The standard InChI is InChI=1S/C20H18N4O2/c1-25-13-18-17-8-7-15(26-16-9-10-22-20(21)12-16)11-19(17)24(23-18)14-5-3-2-4-6-14/h2-12H,13H2,1H3,(H2,21,22). The van der Waals surface area contributed by atoms with Gasteiger partial charge in [-0.3, -0.25) is 0 Å². The van der Waals surface area contributed by atoms with Crippen molar-refractivity contribution in [2.24, 2.45) is 0 Å². The molecule has 6 heteroatoms. The quantitative estimate of drug-likeness (QED) is 0.592. The number of nitrogen functional groups attached to an aromatic ring is 1. The average Bonchev–Trinajstić information content (AvgIpc) is 3.01. The molecule has 0 aliphatic heterocycles. The maximum atomic E-state index is 5.94. The second-order valence-corrected chi connectivity index (χ2v) is 5.82. The van der Waals surface area contributed by atoms with Crippen LogP contribution in [-0.2, 0) is 11.3 Å². The van der Waals surface area contributed by atoms with Gasteiger partial charge >= 0.3 is 0 Å². The van der Waals surface area contributed by atoms with Gasteiger partial charge in [0.05, 0.1) is 23.5 Å². The largest absolute Gasteiger partial charge is 0.457 e.